The lowest BCUT2D eigenvalue weighted by atomic mass is 9.94. The van der Waals surface area contributed by atoms with Gasteiger partial charge in [0.1, 0.15) is 0 Å². The van der Waals surface area contributed by atoms with E-state index >= 15 is 0 Å². The number of nitrogens with one attached hydrogen (secondary N) is 2. The molecule has 0 spiro atoms. The number of carbonyl (C=O) groups is 3. The van der Waals surface area contributed by atoms with Crippen molar-refractivity contribution in [3.05, 3.63) is 29.8 Å². The lowest BCUT2D eigenvalue weighted by Crippen LogP contribution is -2.42. The van der Waals surface area contributed by atoms with E-state index in [9.17, 15) is 22.8 Å². The van der Waals surface area contributed by atoms with Crippen molar-refractivity contribution in [2.75, 3.05) is 26.2 Å². The molecule has 2 unspecified atom stereocenters. The van der Waals surface area contributed by atoms with E-state index < -0.39 is 34.5 Å². The first-order valence-corrected chi connectivity index (χ1v) is 11.8. The molecule has 31 heavy (non-hydrogen) atoms. The topological polar surface area (TPSA) is 122 Å². The van der Waals surface area contributed by atoms with Gasteiger partial charge < -0.3 is 10.1 Å². The molecule has 9 nitrogen and oxygen atoms in total. The van der Waals surface area contributed by atoms with Crippen LogP contribution in [0.3, 0.4) is 0 Å². The summed E-state index contributed by atoms with van der Waals surface area (Å²) in [6, 6.07) is 4.87. The zero-order chi connectivity index (χ0) is 23.2. The average Bonchev–Trinajstić information content (AvgIpc) is 2.70. The second kappa shape index (κ2) is 10.7. The normalized spacial score (nSPS) is 19.6. The van der Waals surface area contributed by atoms with Gasteiger partial charge in [-0.3, -0.25) is 10.1 Å². The van der Waals surface area contributed by atoms with Crippen LogP contribution in [0.5, 0.6) is 0 Å². The number of carbonyl (C=O) groups excluding carboxylic acids is 3. The van der Waals surface area contributed by atoms with Gasteiger partial charge >= 0.3 is 12.0 Å². The molecule has 1 saturated heterocycles. The van der Waals surface area contributed by atoms with Crippen molar-refractivity contribution < 1.29 is 27.5 Å². The molecule has 0 saturated carbocycles. The van der Waals surface area contributed by atoms with Crippen molar-refractivity contribution in [2.24, 2.45) is 17.8 Å². The predicted octanol–water partition coefficient (Wildman–Crippen LogP) is 1.99. The van der Waals surface area contributed by atoms with Gasteiger partial charge in [-0.05, 0) is 42.4 Å². The summed E-state index contributed by atoms with van der Waals surface area (Å²) in [6.07, 6.45) is 0.968. The van der Waals surface area contributed by atoms with Crippen LogP contribution in [0.15, 0.2) is 29.2 Å². The van der Waals surface area contributed by atoms with E-state index in [-0.39, 0.29) is 28.2 Å². The molecule has 1 fully saturated rings. The molecule has 2 rings (SSSR count). The van der Waals surface area contributed by atoms with Gasteiger partial charge in [-0.2, -0.15) is 4.31 Å². The maximum absolute atomic E-state index is 13.0. The Balaban J connectivity index is 1.98. The number of ether oxygens (including phenoxy) is 1. The van der Waals surface area contributed by atoms with Crippen LogP contribution in [-0.2, 0) is 19.6 Å². The highest BCUT2D eigenvalue weighted by Crippen LogP contribution is 2.27. The van der Waals surface area contributed by atoms with Crippen molar-refractivity contribution in [3.63, 3.8) is 0 Å². The Hall–Kier alpha value is -2.46. The molecule has 3 amide bonds. The van der Waals surface area contributed by atoms with Gasteiger partial charge in [-0.15, -0.1) is 0 Å². The van der Waals surface area contributed by atoms with E-state index in [0.717, 1.165) is 6.42 Å². The summed E-state index contributed by atoms with van der Waals surface area (Å²) in [7, 11) is -3.75. The molecule has 0 radical (unpaired) electrons. The maximum Gasteiger partial charge on any atom is 0.338 e. The molecular weight excluding hydrogens is 422 g/mol. The number of amides is 3. The summed E-state index contributed by atoms with van der Waals surface area (Å²) < 4.78 is 32.4. The number of nitrogens with zero attached hydrogens (tertiary/aromatic N) is 1. The van der Waals surface area contributed by atoms with E-state index in [4.69, 9.17) is 4.74 Å². The molecular formula is C21H31N3O6S. The molecule has 0 aromatic heterocycles. The summed E-state index contributed by atoms with van der Waals surface area (Å²) in [5.41, 5.74) is 0.0104. The van der Waals surface area contributed by atoms with Crippen molar-refractivity contribution in [1.29, 1.82) is 0 Å². The van der Waals surface area contributed by atoms with E-state index in [1.54, 1.807) is 0 Å². The van der Waals surface area contributed by atoms with Gasteiger partial charge in [0.05, 0.1) is 10.5 Å². The first-order chi connectivity index (χ1) is 14.5. The third kappa shape index (κ3) is 7.32. The van der Waals surface area contributed by atoms with Crippen LogP contribution in [0.25, 0.3) is 0 Å². The molecule has 1 aliphatic heterocycles. The zero-order valence-electron chi connectivity index (χ0n) is 18.4. The highest BCUT2D eigenvalue weighted by Gasteiger charge is 2.32. The fraction of sp³-hybridized carbons (Fsp3) is 0.571. The van der Waals surface area contributed by atoms with Crippen molar-refractivity contribution >= 4 is 27.9 Å². The van der Waals surface area contributed by atoms with Crippen molar-refractivity contribution in [2.45, 2.75) is 39.0 Å². The van der Waals surface area contributed by atoms with E-state index in [2.05, 4.69) is 10.6 Å². The lowest BCUT2D eigenvalue weighted by Gasteiger charge is -2.34. The second-order valence-corrected chi connectivity index (χ2v) is 10.5. The third-order valence-corrected chi connectivity index (χ3v) is 6.63. The minimum atomic E-state index is -3.75. The van der Waals surface area contributed by atoms with E-state index in [1.165, 1.54) is 28.6 Å². The Morgan fingerprint density at radius 2 is 1.81 bits per heavy atom. The Morgan fingerprint density at radius 3 is 2.42 bits per heavy atom. The Kier molecular flexibility index (Phi) is 8.58. The summed E-state index contributed by atoms with van der Waals surface area (Å²) >= 11 is 0. The van der Waals surface area contributed by atoms with Gasteiger partial charge in [0, 0.05) is 19.6 Å². The Morgan fingerprint density at radius 1 is 1.16 bits per heavy atom. The van der Waals surface area contributed by atoms with Crippen LogP contribution in [0.4, 0.5) is 4.79 Å². The van der Waals surface area contributed by atoms with E-state index in [0.29, 0.717) is 19.6 Å². The van der Waals surface area contributed by atoms with Crippen LogP contribution in [0.1, 0.15) is 44.5 Å². The van der Waals surface area contributed by atoms with Crippen LogP contribution < -0.4 is 10.6 Å². The van der Waals surface area contributed by atoms with Gasteiger partial charge in [-0.25, -0.2) is 18.0 Å². The van der Waals surface area contributed by atoms with Gasteiger partial charge in [0.15, 0.2) is 6.61 Å². The molecule has 1 aliphatic rings. The number of sulfonamides is 1. The number of urea groups is 1. The highest BCUT2D eigenvalue weighted by molar-refractivity contribution is 7.89. The quantitative estimate of drug-likeness (QED) is 0.609. The van der Waals surface area contributed by atoms with Gasteiger partial charge in [-0.1, -0.05) is 33.8 Å². The molecule has 2 N–H and O–H groups in total. The van der Waals surface area contributed by atoms with Crippen LogP contribution >= 0.6 is 0 Å². The molecule has 1 heterocycles. The highest BCUT2D eigenvalue weighted by atomic mass is 32.2. The molecule has 1 aromatic carbocycles. The van der Waals surface area contributed by atoms with E-state index in [1.807, 2.05) is 27.7 Å². The number of esters is 1. The number of piperidine rings is 1. The Labute approximate surface area is 183 Å². The Bertz CT molecular complexity index is 905. The molecule has 172 valence electrons. The first-order valence-electron chi connectivity index (χ1n) is 10.3. The SMILES string of the molecule is CC(C)CNC(=O)NC(=O)COC(=O)c1cccc(S(=O)(=O)N2CC(C)CC(C)C2)c1. The monoisotopic (exact) mass is 453 g/mol. The molecule has 0 bridgehead atoms. The van der Waals surface area contributed by atoms with Crippen molar-refractivity contribution in [3.8, 4) is 0 Å². The summed E-state index contributed by atoms with van der Waals surface area (Å²) in [5.74, 6) is -0.908. The van der Waals surface area contributed by atoms with Crippen LogP contribution in [0.2, 0.25) is 0 Å². The number of hydrogen-bond donors (Lipinski definition) is 2. The average molecular weight is 454 g/mol. The second-order valence-electron chi connectivity index (χ2n) is 8.52. The number of rotatable bonds is 7. The lowest BCUT2D eigenvalue weighted by molar-refractivity contribution is -0.123. The minimum absolute atomic E-state index is 0.000708. The van der Waals surface area contributed by atoms with Gasteiger partial charge in [0.2, 0.25) is 10.0 Å². The maximum atomic E-state index is 13.0. The first kappa shape index (κ1) is 24.8. The van der Waals surface area contributed by atoms with Gasteiger partial charge in [0.25, 0.3) is 5.91 Å². The number of benzene rings is 1. The molecule has 0 aliphatic carbocycles. The third-order valence-electron chi connectivity index (χ3n) is 4.80. The summed E-state index contributed by atoms with van der Waals surface area (Å²) in [6.45, 7) is 8.44. The fourth-order valence-corrected chi connectivity index (χ4v) is 5.18. The summed E-state index contributed by atoms with van der Waals surface area (Å²) in [5, 5.41) is 4.57. The minimum Gasteiger partial charge on any atom is -0.452 e. The zero-order valence-corrected chi connectivity index (χ0v) is 19.2. The largest absolute Gasteiger partial charge is 0.452 e. The standard InChI is InChI=1S/C21H31N3O6S/c1-14(2)10-22-21(27)23-19(25)13-30-20(26)17-6-5-7-18(9-17)31(28,29)24-11-15(3)8-16(4)12-24/h5-7,9,14-16H,8,10-13H2,1-4H3,(H2,22,23,25,27). The fourth-order valence-electron chi connectivity index (χ4n) is 3.45. The molecule has 10 heteroatoms. The molecule has 1 aromatic rings. The molecule has 2 atom stereocenters. The van der Waals surface area contributed by atoms with Crippen LogP contribution in [0, 0.1) is 17.8 Å². The smallest absolute Gasteiger partial charge is 0.338 e. The van der Waals surface area contributed by atoms with Crippen LogP contribution in [-0.4, -0.2) is 56.9 Å². The van der Waals surface area contributed by atoms with Crippen molar-refractivity contribution in [1.82, 2.24) is 14.9 Å². The number of imide groups is 1. The summed E-state index contributed by atoms with van der Waals surface area (Å²) in [4.78, 5) is 35.6. The predicted molar refractivity (Wildman–Crippen MR) is 115 cm³/mol. The number of hydrogen-bond acceptors (Lipinski definition) is 6.